The zero-order valence-corrected chi connectivity index (χ0v) is 12.3. The van der Waals surface area contributed by atoms with Crippen LogP contribution in [0.15, 0.2) is 36.4 Å². The zero-order valence-electron chi connectivity index (χ0n) is 12.3. The SMILES string of the molecule is C=C(CCc1c(F)c(F)c(N)c(F)c1F)Cc1ccc(N)cc1. The number of benzene rings is 2. The Kier molecular flexibility index (Phi) is 4.93. The Balaban J connectivity index is 2.09. The van der Waals surface area contributed by atoms with Gasteiger partial charge in [0, 0.05) is 11.3 Å². The minimum absolute atomic E-state index is 0.182. The topological polar surface area (TPSA) is 52.0 Å². The van der Waals surface area contributed by atoms with Crippen LogP contribution in [0.2, 0.25) is 0 Å². The first-order chi connectivity index (χ1) is 10.8. The summed E-state index contributed by atoms with van der Waals surface area (Å²) in [7, 11) is 0. The van der Waals surface area contributed by atoms with Crippen molar-refractivity contribution < 1.29 is 17.6 Å². The lowest BCUT2D eigenvalue weighted by Gasteiger charge is -2.11. The van der Waals surface area contributed by atoms with Crippen LogP contribution < -0.4 is 11.5 Å². The predicted octanol–water partition coefficient (Wildman–Crippen LogP) is 4.14. The molecule has 0 amide bonds. The third-order valence-electron chi connectivity index (χ3n) is 3.55. The number of halogens is 4. The van der Waals surface area contributed by atoms with E-state index in [1.54, 1.807) is 12.1 Å². The summed E-state index contributed by atoms with van der Waals surface area (Å²) in [5, 5.41) is 0. The molecule has 0 atom stereocenters. The van der Waals surface area contributed by atoms with Gasteiger partial charge in [-0.2, -0.15) is 0 Å². The highest BCUT2D eigenvalue weighted by atomic mass is 19.2. The molecule has 6 heteroatoms. The van der Waals surface area contributed by atoms with Crippen LogP contribution in [0.3, 0.4) is 0 Å². The molecule has 2 nitrogen and oxygen atoms in total. The second kappa shape index (κ2) is 6.73. The Morgan fingerprint density at radius 3 is 1.91 bits per heavy atom. The molecule has 0 bridgehead atoms. The van der Waals surface area contributed by atoms with Crippen molar-refractivity contribution in [1.29, 1.82) is 0 Å². The molecule has 4 N–H and O–H groups in total. The van der Waals surface area contributed by atoms with Crippen LogP contribution in [-0.2, 0) is 12.8 Å². The first kappa shape index (κ1) is 16.9. The van der Waals surface area contributed by atoms with Gasteiger partial charge < -0.3 is 11.5 Å². The van der Waals surface area contributed by atoms with Gasteiger partial charge >= 0.3 is 0 Å². The molecule has 0 saturated heterocycles. The van der Waals surface area contributed by atoms with Gasteiger partial charge in [-0.15, -0.1) is 0 Å². The van der Waals surface area contributed by atoms with E-state index < -0.39 is 34.5 Å². The number of nitrogens with two attached hydrogens (primary N) is 2. The van der Waals surface area contributed by atoms with Gasteiger partial charge in [0.2, 0.25) is 0 Å². The molecule has 0 fully saturated rings. The average Bonchev–Trinajstić information content (AvgIpc) is 2.53. The molecule has 0 aliphatic rings. The van der Waals surface area contributed by atoms with Crippen molar-refractivity contribution in [2.45, 2.75) is 19.3 Å². The van der Waals surface area contributed by atoms with Gasteiger partial charge in [-0.3, -0.25) is 0 Å². The van der Waals surface area contributed by atoms with E-state index in [4.69, 9.17) is 11.5 Å². The monoisotopic (exact) mass is 324 g/mol. The molecular formula is C17H16F4N2. The van der Waals surface area contributed by atoms with E-state index in [2.05, 4.69) is 6.58 Å². The molecule has 2 aromatic rings. The van der Waals surface area contributed by atoms with Gasteiger partial charge in [0.05, 0.1) is 0 Å². The number of nitrogen functional groups attached to an aromatic ring is 2. The van der Waals surface area contributed by atoms with Crippen LogP contribution in [0.25, 0.3) is 0 Å². The van der Waals surface area contributed by atoms with Gasteiger partial charge in [-0.05, 0) is 37.0 Å². The second-order valence-corrected chi connectivity index (χ2v) is 5.32. The molecule has 23 heavy (non-hydrogen) atoms. The Morgan fingerprint density at radius 1 is 0.870 bits per heavy atom. The molecule has 0 aliphatic heterocycles. The van der Waals surface area contributed by atoms with E-state index in [-0.39, 0.29) is 12.8 Å². The third kappa shape index (κ3) is 3.64. The number of hydrogen-bond donors (Lipinski definition) is 2. The van der Waals surface area contributed by atoms with Gasteiger partial charge in [-0.1, -0.05) is 24.3 Å². The number of allylic oxidation sites excluding steroid dienone is 1. The lowest BCUT2D eigenvalue weighted by Crippen LogP contribution is -2.08. The predicted molar refractivity (Wildman–Crippen MR) is 82.7 cm³/mol. The number of rotatable bonds is 5. The van der Waals surface area contributed by atoms with Crippen molar-refractivity contribution in [1.82, 2.24) is 0 Å². The largest absolute Gasteiger partial charge is 0.399 e. The van der Waals surface area contributed by atoms with Gasteiger partial charge in [0.15, 0.2) is 23.3 Å². The van der Waals surface area contributed by atoms with Crippen molar-refractivity contribution in [3.05, 3.63) is 70.8 Å². The first-order valence-corrected chi connectivity index (χ1v) is 6.92. The number of hydrogen-bond acceptors (Lipinski definition) is 2. The summed E-state index contributed by atoms with van der Waals surface area (Å²) < 4.78 is 54.2. The van der Waals surface area contributed by atoms with Crippen molar-refractivity contribution in [3.63, 3.8) is 0 Å². The summed E-state index contributed by atoms with van der Waals surface area (Å²) in [4.78, 5) is 0. The van der Waals surface area contributed by atoms with E-state index in [0.29, 0.717) is 17.7 Å². The van der Waals surface area contributed by atoms with Gasteiger partial charge in [0.1, 0.15) is 5.69 Å². The van der Waals surface area contributed by atoms with E-state index in [1.807, 2.05) is 12.1 Å². The zero-order chi connectivity index (χ0) is 17.1. The molecule has 0 spiro atoms. The minimum atomic E-state index is -1.57. The standard InChI is InChI=1S/C17H16F4N2/c1-9(8-10-3-5-11(22)6-4-10)2-7-12-13(18)15(20)17(23)16(21)14(12)19/h3-6H,1-2,7-8,22-23H2. The van der Waals surface area contributed by atoms with E-state index in [9.17, 15) is 17.6 Å². The molecule has 2 rings (SSSR count). The third-order valence-corrected chi connectivity index (χ3v) is 3.55. The van der Waals surface area contributed by atoms with Gasteiger partial charge in [0.25, 0.3) is 0 Å². The summed E-state index contributed by atoms with van der Waals surface area (Å²) in [6, 6.07) is 7.08. The summed E-state index contributed by atoms with van der Waals surface area (Å²) in [5.41, 5.74) is 11.0. The molecule has 0 radical (unpaired) electrons. The molecular weight excluding hydrogens is 308 g/mol. The van der Waals surface area contributed by atoms with E-state index >= 15 is 0 Å². The maximum Gasteiger partial charge on any atom is 0.185 e. The van der Waals surface area contributed by atoms with Crippen molar-refractivity contribution in [2.24, 2.45) is 0 Å². The molecule has 122 valence electrons. The smallest absolute Gasteiger partial charge is 0.185 e. The quantitative estimate of drug-likeness (QED) is 0.376. The Morgan fingerprint density at radius 2 is 1.39 bits per heavy atom. The maximum atomic E-state index is 13.7. The molecule has 0 aromatic heterocycles. The van der Waals surface area contributed by atoms with Crippen LogP contribution in [-0.4, -0.2) is 0 Å². The Hall–Kier alpha value is -2.50. The van der Waals surface area contributed by atoms with Crippen LogP contribution in [0.1, 0.15) is 17.5 Å². The van der Waals surface area contributed by atoms with Crippen LogP contribution >= 0.6 is 0 Å². The van der Waals surface area contributed by atoms with Crippen LogP contribution in [0.4, 0.5) is 28.9 Å². The highest BCUT2D eigenvalue weighted by molar-refractivity contribution is 5.45. The normalized spacial score (nSPS) is 10.8. The fraction of sp³-hybridized carbons (Fsp3) is 0.176. The van der Waals surface area contributed by atoms with Crippen molar-refractivity contribution in [2.75, 3.05) is 11.5 Å². The first-order valence-electron chi connectivity index (χ1n) is 6.92. The summed E-state index contributed by atoms with van der Waals surface area (Å²) >= 11 is 0. The summed E-state index contributed by atoms with van der Waals surface area (Å²) in [6.45, 7) is 3.82. The Labute approximate surface area is 131 Å². The summed E-state index contributed by atoms with van der Waals surface area (Å²) in [5.74, 6) is -6.05. The van der Waals surface area contributed by atoms with Crippen LogP contribution in [0.5, 0.6) is 0 Å². The fourth-order valence-corrected chi connectivity index (χ4v) is 2.23. The fourth-order valence-electron chi connectivity index (χ4n) is 2.23. The molecule has 0 heterocycles. The highest BCUT2D eigenvalue weighted by Gasteiger charge is 2.23. The lowest BCUT2D eigenvalue weighted by molar-refractivity contribution is 0.444. The Bertz CT molecular complexity index is 710. The number of anilines is 2. The van der Waals surface area contributed by atoms with E-state index in [0.717, 1.165) is 5.56 Å². The molecule has 2 aromatic carbocycles. The highest BCUT2D eigenvalue weighted by Crippen LogP contribution is 2.27. The average molecular weight is 324 g/mol. The van der Waals surface area contributed by atoms with Crippen LogP contribution in [0, 0.1) is 23.3 Å². The molecule has 0 unspecified atom stereocenters. The van der Waals surface area contributed by atoms with Gasteiger partial charge in [-0.25, -0.2) is 17.6 Å². The van der Waals surface area contributed by atoms with Crippen molar-refractivity contribution >= 4 is 11.4 Å². The second-order valence-electron chi connectivity index (χ2n) is 5.32. The minimum Gasteiger partial charge on any atom is -0.399 e. The lowest BCUT2D eigenvalue weighted by atomic mass is 9.98. The van der Waals surface area contributed by atoms with E-state index in [1.165, 1.54) is 0 Å². The summed E-state index contributed by atoms with van der Waals surface area (Å²) in [6.07, 6.45) is 0.448. The maximum absolute atomic E-state index is 13.7. The van der Waals surface area contributed by atoms with Crippen molar-refractivity contribution in [3.8, 4) is 0 Å². The molecule has 0 saturated carbocycles. The molecule has 0 aliphatic carbocycles.